The van der Waals surface area contributed by atoms with E-state index < -0.39 is 0 Å². The summed E-state index contributed by atoms with van der Waals surface area (Å²) in [6, 6.07) is 0.666. The Labute approximate surface area is 144 Å². The van der Waals surface area contributed by atoms with E-state index in [0.29, 0.717) is 17.8 Å². The van der Waals surface area contributed by atoms with Crippen molar-refractivity contribution in [1.82, 2.24) is 25.6 Å². The Morgan fingerprint density at radius 1 is 1.21 bits per heavy atom. The quantitative estimate of drug-likeness (QED) is 0.869. The van der Waals surface area contributed by atoms with Crippen LogP contribution in [0, 0.1) is 12.8 Å². The monoisotopic (exact) mass is 333 g/mol. The zero-order chi connectivity index (χ0) is 16.9. The lowest BCUT2D eigenvalue weighted by Gasteiger charge is -2.28. The molecule has 24 heavy (non-hydrogen) atoms. The van der Waals surface area contributed by atoms with Gasteiger partial charge in [-0.1, -0.05) is 25.0 Å². The summed E-state index contributed by atoms with van der Waals surface area (Å²) in [6.07, 6.45) is 9.35. The molecule has 0 unspecified atom stereocenters. The minimum absolute atomic E-state index is 0.0494. The molecule has 2 aliphatic rings. The minimum atomic E-state index is -0.0494. The molecule has 1 aliphatic carbocycles. The van der Waals surface area contributed by atoms with Crippen LogP contribution in [0.15, 0.2) is 0 Å². The Morgan fingerprint density at radius 2 is 1.92 bits per heavy atom. The number of carbonyl (C=O) groups is 1. The smallest absolute Gasteiger partial charge is 0.273 e. The van der Waals surface area contributed by atoms with E-state index in [2.05, 4.69) is 27.9 Å². The van der Waals surface area contributed by atoms with Gasteiger partial charge < -0.3 is 10.6 Å². The van der Waals surface area contributed by atoms with Crippen LogP contribution in [0.25, 0.3) is 0 Å². The maximum atomic E-state index is 12.6. The second-order valence-corrected chi connectivity index (χ2v) is 7.43. The standard InChI is InChI=1S/C18H31N5O/c1-3-4-14-5-7-15(8-6-14)20-18(24)17-13(2)23(22-21-17)16-9-11-19-12-10-16/h14-16,19H,3-12H2,1-2H3,(H,20,24). The van der Waals surface area contributed by atoms with Crippen LogP contribution in [0.1, 0.15) is 80.5 Å². The van der Waals surface area contributed by atoms with Gasteiger partial charge in [-0.05, 0) is 64.5 Å². The first-order chi connectivity index (χ1) is 11.7. The summed E-state index contributed by atoms with van der Waals surface area (Å²) >= 11 is 0. The van der Waals surface area contributed by atoms with E-state index in [1.807, 2.05) is 11.6 Å². The summed E-state index contributed by atoms with van der Waals surface area (Å²) in [6.45, 7) is 6.23. The molecule has 1 aromatic rings. The van der Waals surface area contributed by atoms with Crippen LogP contribution in [0.2, 0.25) is 0 Å². The van der Waals surface area contributed by atoms with E-state index in [-0.39, 0.29) is 5.91 Å². The normalized spacial score (nSPS) is 25.6. The number of hydrogen-bond acceptors (Lipinski definition) is 4. The molecular formula is C18H31N5O. The van der Waals surface area contributed by atoms with E-state index in [0.717, 1.165) is 50.4 Å². The van der Waals surface area contributed by atoms with Crippen molar-refractivity contribution in [3.05, 3.63) is 11.4 Å². The van der Waals surface area contributed by atoms with Gasteiger partial charge in [-0.2, -0.15) is 0 Å². The molecule has 0 radical (unpaired) electrons. The van der Waals surface area contributed by atoms with Crippen molar-refractivity contribution in [1.29, 1.82) is 0 Å². The van der Waals surface area contributed by atoms with Crippen LogP contribution < -0.4 is 10.6 Å². The minimum Gasteiger partial charge on any atom is -0.348 e. The first kappa shape index (κ1) is 17.4. The fraction of sp³-hybridized carbons (Fsp3) is 0.833. The molecule has 134 valence electrons. The third-order valence-corrected chi connectivity index (χ3v) is 5.68. The van der Waals surface area contributed by atoms with E-state index in [9.17, 15) is 4.79 Å². The predicted molar refractivity (Wildman–Crippen MR) is 94.0 cm³/mol. The molecule has 0 atom stereocenters. The molecule has 0 aromatic carbocycles. The Bertz CT molecular complexity index is 542. The zero-order valence-corrected chi connectivity index (χ0v) is 15.1. The Kier molecular flexibility index (Phi) is 5.87. The maximum Gasteiger partial charge on any atom is 0.273 e. The van der Waals surface area contributed by atoms with Gasteiger partial charge in [0.25, 0.3) is 5.91 Å². The summed E-state index contributed by atoms with van der Waals surface area (Å²) in [5.41, 5.74) is 1.41. The zero-order valence-electron chi connectivity index (χ0n) is 15.1. The van der Waals surface area contributed by atoms with Gasteiger partial charge in [0.1, 0.15) is 0 Å². The SMILES string of the molecule is CCCC1CCC(NC(=O)c2nnn(C3CCNCC3)c2C)CC1. The van der Waals surface area contributed by atoms with Gasteiger partial charge in [-0.25, -0.2) is 4.68 Å². The topological polar surface area (TPSA) is 71.8 Å². The van der Waals surface area contributed by atoms with Gasteiger partial charge in [0, 0.05) is 6.04 Å². The highest BCUT2D eigenvalue weighted by atomic mass is 16.2. The predicted octanol–water partition coefficient (Wildman–Crippen LogP) is 2.60. The molecule has 3 rings (SSSR count). The molecule has 6 heteroatoms. The lowest BCUT2D eigenvalue weighted by molar-refractivity contribution is 0.0915. The largest absolute Gasteiger partial charge is 0.348 e. The molecule has 2 fully saturated rings. The van der Waals surface area contributed by atoms with Crippen molar-refractivity contribution in [3.8, 4) is 0 Å². The summed E-state index contributed by atoms with van der Waals surface area (Å²) in [5.74, 6) is 0.803. The number of aromatic nitrogens is 3. The third-order valence-electron chi connectivity index (χ3n) is 5.68. The number of rotatable bonds is 5. The second-order valence-electron chi connectivity index (χ2n) is 7.43. The fourth-order valence-electron chi connectivity index (χ4n) is 4.21. The van der Waals surface area contributed by atoms with Gasteiger partial charge in [0.2, 0.25) is 0 Å². The highest BCUT2D eigenvalue weighted by molar-refractivity contribution is 5.93. The van der Waals surface area contributed by atoms with E-state index in [4.69, 9.17) is 0 Å². The summed E-state index contributed by atoms with van der Waals surface area (Å²) in [5, 5.41) is 15.0. The number of amides is 1. The molecule has 1 aliphatic heterocycles. The number of nitrogens with one attached hydrogen (secondary N) is 2. The molecular weight excluding hydrogens is 302 g/mol. The van der Waals surface area contributed by atoms with Crippen LogP contribution in [0.4, 0.5) is 0 Å². The molecule has 2 N–H and O–H groups in total. The van der Waals surface area contributed by atoms with E-state index in [1.165, 1.54) is 25.7 Å². The summed E-state index contributed by atoms with van der Waals surface area (Å²) < 4.78 is 1.95. The highest BCUT2D eigenvalue weighted by Crippen LogP contribution is 2.28. The number of nitrogens with zero attached hydrogens (tertiary/aromatic N) is 3. The van der Waals surface area contributed by atoms with Crippen LogP contribution in [0.5, 0.6) is 0 Å². The molecule has 1 saturated heterocycles. The average molecular weight is 333 g/mol. The van der Waals surface area contributed by atoms with Gasteiger partial charge in [-0.15, -0.1) is 5.10 Å². The fourth-order valence-corrected chi connectivity index (χ4v) is 4.21. The summed E-state index contributed by atoms with van der Waals surface area (Å²) in [4.78, 5) is 12.6. The summed E-state index contributed by atoms with van der Waals surface area (Å²) in [7, 11) is 0. The van der Waals surface area contributed by atoms with Crippen molar-refractivity contribution < 1.29 is 4.79 Å². The lowest BCUT2D eigenvalue weighted by atomic mass is 9.83. The van der Waals surface area contributed by atoms with Crippen LogP contribution in [-0.4, -0.2) is 40.0 Å². The number of piperidine rings is 1. The van der Waals surface area contributed by atoms with Crippen molar-refractivity contribution in [3.63, 3.8) is 0 Å². The van der Waals surface area contributed by atoms with Crippen molar-refractivity contribution in [2.24, 2.45) is 5.92 Å². The first-order valence-electron chi connectivity index (χ1n) is 9.62. The molecule has 1 saturated carbocycles. The Hall–Kier alpha value is -1.43. The number of carbonyl (C=O) groups excluding carboxylic acids is 1. The molecule has 0 bridgehead atoms. The number of hydrogen-bond donors (Lipinski definition) is 2. The van der Waals surface area contributed by atoms with E-state index >= 15 is 0 Å². The van der Waals surface area contributed by atoms with E-state index in [1.54, 1.807) is 0 Å². The van der Waals surface area contributed by atoms with Crippen LogP contribution in [0.3, 0.4) is 0 Å². The van der Waals surface area contributed by atoms with Crippen LogP contribution in [-0.2, 0) is 0 Å². The van der Waals surface area contributed by atoms with Gasteiger partial charge >= 0.3 is 0 Å². The van der Waals surface area contributed by atoms with Gasteiger partial charge in [0.15, 0.2) is 5.69 Å². The average Bonchev–Trinajstić information content (AvgIpc) is 2.99. The van der Waals surface area contributed by atoms with Crippen LogP contribution >= 0.6 is 0 Å². The first-order valence-corrected chi connectivity index (χ1v) is 9.62. The molecule has 1 aromatic heterocycles. The maximum absolute atomic E-state index is 12.6. The molecule has 6 nitrogen and oxygen atoms in total. The van der Waals surface area contributed by atoms with Crippen molar-refractivity contribution in [2.45, 2.75) is 77.3 Å². The lowest BCUT2D eigenvalue weighted by Crippen LogP contribution is -2.38. The molecule has 1 amide bonds. The van der Waals surface area contributed by atoms with Crippen molar-refractivity contribution in [2.75, 3.05) is 13.1 Å². The van der Waals surface area contributed by atoms with Gasteiger partial charge in [-0.3, -0.25) is 4.79 Å². The molecule has 2 heterocycles. The Morgan fingerprint density at radius 3 is 2.58 bits per heavy atom. The third kappa shape index (κ3) is 3.97. The molecule has 0 spiro atoms. The van der Waals surface area contributed by atoms with Gasteiger partial charge in [0.05, 0.1) is 11.7 Å². The Balaban J connectivity index is 1.57. The highest BCUT2D eigenvalue weighted by Gasteiger charge is 2.26. The second kappa shape index (κ2) is 8.10. The van der Waals surface area contributed by atoms with Crippen molar-refractivity contribution >= 4 is 5.91 Å².